The van der Waals surface area contributed by atoms with Crippen LogP contribution in [0.25, 0.3) is 32.0 Å². The monoisotopic (exact) mass is 488 g/mol. The molecule has 0 bridgehead atoms. The largest absolute Gasteiger partial charge is 0.341 e. The van der Waals surface area contributed by atoms with Gasteiger partial charge in [0.2, 0.25) is 5.91 Å². The van der Waals surface area contributed by atoms with E-state index in [2.05, 4.69) is 57.1 Å². The number of aromatic nitrogens is 3. The van der Waals surface area contributed by atoms with Gasteiger partial charge in [-0.2, -0.15) is 0 Å². The lowest BCUT2D eigenvalue weighted by Gasteiger charge is -2.07. The van der Waals surface area contributed by atoms with Gasteiger partial charge < -0.3 is 14.9 Å². The van der Waals surface area contributed by atoms with E-state index < -0.39 is 0 Å². The Hall–Kier alpha value is -3.10. The number of fused-ring (bicyclic) bond motifs is 6. The van der Waals surface area contributed by atoms with Crippen LogP contribution in [0.15, 0.2) is 47.3 Å². The van der Waals surface area contributed by atoms with E-state index >= 15 is 0 Å². The van der Waals surface area contributed by atoms with Gasteiger partial charge in [0.1, 0.15) is 10.7 Å². The van der Waals surface area contributed by atoms with Crippen molar-refractivity contribution < 1.29 is 4.79 Å². The number of benzene rings is 2. The van der Waals surface area contributed by atoms with Crippen molar-refractivity contribution >= 4 is 66.7 Å². The highest BCUT2D eigenvalue weighted by Gasteiger charge is 2.21. The SMILES string of the molecule is CCn1c2ccccc2c2cc(NC(=O)CSCc3nc4sc5c(c4c(=O)[nH]3)CCC5)ccc21. The molecular formula is C26H24N4O2S2. The molecule has 5 aromatic rings. The van der Waals surface area contributed by atoms with E-state index in [0.717, 1.165) is 47.1 Å². The van der Waals surface area contributed by atoms with Gasteiger partial charge in [-0.1, -0.05) is 18.2 Å². The number of aromatic amines is 1. The van der Waals surface area contributed by atoms with Gasteiger partial charge in [0, 0.05) is 38.9 Å². The maximum atomic E-state index is 12.6. The number of anilines is 1. The van der Waals surface area contributed by atoms with E-state index in [1.165, 1.54) is 38.6 Å². The highest BCUT2D eigenvalue weighted by atomic mass is 32.2. The Bertz CT molecular complexity index is 1630. The average Bonchev–Trinajstić information content (AvgIpc) is 3.50. The summed E-state index contributed by atoms with van der Waals surface area (Å²) in [7, 11) is 0. The Balaban J connectivity index is 1.15. The Morgan fingerprint density at radius 3 is 2.91 bits per heavy atom. The number of hydrogen-bond acceptors (Lipinski definition) is 5. The summed E-state index contributed by atoms with van der Waals surface area (Å²) in [5.41, 5.74) is 4.29. The zero-order valence-corrected chi connectivity index (χ0v) is 20.4. The van der Waals surface area contributed by atoms with Gasteiger partial charge in [-0.15, -0.1) is 23.1 Å². The molecule has 0 saturated carbocycles. The van der Waals surface area contributed by atoms with E-state index in [9.17, 15) is 9.59 Å². The van der Waals surface area contributed by atoms with Crippen LogP contribution in [0.2, 0.25) is 0 Å². The van der Waals surface area contributed by atoms with Gasteiger partial charge in [-0.3, -0.25) is 9.59 Å². The molecule has 0 unspecified atom stereocenters. The minimum atomic E-state index is -0.0675. The summed E-state index contributed by atoms with van der Waals surface area (Å²) in [5, 5.41) is 6.12. The first-order valence-corrected chi connectivity index (χ1v) is 13.5. The summed E-state index contributed by atoms with van der Waals surface area (Å²) in [5.74, 6) is 1.34. The van der Waals surface area contributed by atoms with Crippen molar-refractivity contribution in [3.05, 3.63) is 69.1 Å². The molecule has 1 aliphatic carbocycles. The molecule has 8 heteroatoms. The summed E-state index contributed by atoms with van der Waals surface area (Å²) in [6, 6.07) is 14.4. The van der Waals surface area contributed by atoms with Crippen molar-refractivity contribution in [2.75, 3.05) is 11.1 Å². The maximum Gasteiger partial charge on any atom is 0.259 e. The quantitative estimate of drug-likeness (QED) is 0.332. The second-order valence-electron chi connectivity index (χ2n) is 8.58. The number of amides is 1. The number of H-pyrrole nitrogens is 1. The lowest BCUT2D eigenvalue weighted by Crippen LogP contribution is -2.15. The number of carbonyl (C=O) groups is 1. The molecule has 1 aliphatic rings. The number of rotatable bonds is 6. The molecule has 3 aromatic heterocycles. The van der Waals surface area contributed by atoms with Gasteiger partial charge in [-0.05, 0) is 56.0 Å². The fraction of sp³-hybridized carbons (Fsp3) is 0.269. The van der Waals surface area contributed by atoms with Gasteiger partial charge in [-0.25, -0.2) is 4.98 Å². The summed E-state index contributed by atoms with van der Waals surface area (Å²) in [6.45, 7) is 3.03. The predicted octanol–water partition coefficient (Wildman–Crippen LogP) is 5.47. The Morgan fingerprint density at radius 1 is 1.18 bits per heavy atom. The molecule has 2 N–H and O–H groups in total. The number of aryl methyl sites for hydroxylation is 3. The van der Waals surface area contributed by atoms with Gasteiger partial charge in [0.15, 0.2) is 0 Å². The normalized spacial score (nSPS) is 13.2. The Morgan fingerprint density at radius 2 is 2.03 bits per heavy atom. The van der Waals surface area contributed by atoms with Gasteiger partial charge in [0.05, 0.1) is 16.9 Å². The molecular weight excluding hydrogens is 464 g/mol. The number of nitrogens with zero attached hydrogens (tertiary/aromatic N) is 2. The van der Waals surface area contributed by atoms with Crippen LogP contribution in [0.4, 0.5) is 5.69 Å². The van der Waals surface area contributed by atoms with Crippen molar-refractivity contribution in [3.63, 3.8) is 0 Å². The van der Waals surface area contributed by atoms with Crippen LogP contribution in [0, 0.1) is 0 Å². The lowest BCUT2D eigenvalue weighted by atomic mass is 10.1. The number of thiophene rings is 1. The summed E-state index contributed by atoms with van der Waals surface area (Å²) in [4.78, 5) is 34.9. The van der Waals surface area contributed by atoms with Crippen LogP contribution in [-0.4, -0.2) is 26.2 Å². The molecule has 3 heterocycles. The number of thioether (sulfide) groups is 1. The molecule has 6 rings (SSSR count). The van der Waals surface area contributed by atoms with E-state index in [4.69, 9.17) is 0 Å². The molecule has 2 aromatic carbocycles. The van der Waals surface area contributed by atoms with Gasteiger partial charge >= 0.3 is 0 Å². The second-order valence-corrected chi connectivity index (χ2v) is 10.7. The van der Waals surface area contributed by atoms with Crippen LogP contribution in [0.3, 0.4) is 0 Å². The summed E-state index contributed by atoms with van der Waals surface area (Å²) in [6.07, 6.45) is 3.14. The molecule has 172 valence electrons. The van der Waals surface area contributed by atoms with Crippen LogP contribution < -0.4 is 10.9 Å². The molecule has 34 heavy (non-hydrogen) atoms. The van der Waals surface area contributed by atoms with Crippen molar-refractivity contribution in [2.24, 2.45) is 0 Å². The van der Waals surface area contributed by atoms with Crippen LogP contribution in [-0.2, 0) is 29.9 Å². The third kappa shape index (κ3) is 3.61. The standard InChI is InChI=1S/C26H24N4O2S2/c1-2-30-19-8-4-3-6-16(19)18-12-15(10-11-20(18)30)27-23(31)14-33-13-22-28-25(32)24-17-7-5-9-21(17)34-26(24)29-22/h3-4,6,8,10-12H,2,5,7,9,13-14H2,1H3,(H,27,31)(H,28,29,32). The fourth-order valence-corrected chi connectivity index (χ4v) is 7.00. The maximum absolute atomic E-state index is 12.6. The number of hydrogen-bond donors (Lipinski definition) is 2. The molecule has 0 saturated heterocycles. The molecule has 1 amide bonds. The number of nitrogens with one attached hydrogen (secondary N) is 2. The van der Waals surface area contributed by atoms with Crippen LogP contribution in [0.5, 0.6) is 0 Å². The van der Waals surface area contributed by atoms with Gasteiger partial charge in [0.25, 0.3) is 5.56 Å². The van der Waals surface area contributed by atoms with Crippen LogP contribution in [0.1, 0.15) is 29.6 Å². The molecule has 0 spiro atoms. The lowest BCUT2D eigenvalue weighted by molar-refractivity contribution is -0.113. The molecule has 0 radical (unpaired) electrons. The van der Waals surface area contributed by atoms with Crippen molar-refractivity contribution in [2.45, 2.75) is 38.5 Å². The minimum Gasteiger partial charge on any atom is -0.341 e. The van der Waals surface area contributed by atoms with E-state index in [0.29, 0.717) is 11.6 Å². The van der Waals surface area contributed by atoms with Crippen LogP contribution >= 0.6 is 23.1 Å². The fourth-order valence-electron chi connectivity index (χ4n) is 5.02. The topological polar surface area (TPSA) is 79.8 Å². The van der Waals surface area contributed by atoms with Crippen molar-refractivity contribution in [3.8, 4) is 0 Å². The zero-order valence-electron chi connectivity index (χ0n) is 18.8. The highest BCUT2D eigenvalue weighted by Crippen LogP contribution is 2.35. The number of carbonyl (C=O) groups excluding carboxylic acids is 1. The predicted molar refractivity (Wildman–Crippen MR) is 142 cm³/mol. The molecule has 0 fully saturated rings. The third-order valence-corrected chi connectivity index (χ3v) is 8.60. The van der Waals surface area contributed by atoms with E-state index in [1.807, 2.05) is 12.1 Å². The molecule has 6 nitrogen and oxygen atoms in total. The first kappa shape index (κ1) is 21.4. The first-order chi connectivity index (χ1) is 16.6. The van der Waals surface area contributed by atoms with Crippen molar-refractivity contribution in [1.82, 2.24) is 14.5 Å². The van der Waals surface area contributed by atoms with E-state index in [-0.39, 0.29) is 17.2 Å². The zero-order chi connectivity index (χ0) is 23.2. The summed E-state index contributed by atoms with van der Waals surface area (Å²) < 4.78 is 2.29. The Labute approximate surface area is 204 Å². The first-order valence-electron chi connectivity index (χ1n) is 11.5. The number of para-hydroxylation sites is 1. The third-order valence-electron chi connectivity index (χ3n) is 6.47. The summed E-state index contributed by atoms with van der Waals surface area (Å²) >= 11 is 3.09. The molecule has 0 atom stereocenters. The smallest absolute Gasteiger partial charge is 0.259 e. The van der Waals surface area contributed by atoms with E-state index in [1.54, 1.807) is 11.3 Å². The second kappa shape index (κ2) is 8.60. The molecule has 0 aliphatic heterocycles. The van der Waals surface area contributed by atoms with Crippen molar-refractivity contribution in [1.29, 1.82) is 0 Å². The Kier molecular flexibility index (Phi) is 5.42. The average molecular weight is 489 g/mol. The highest BCUT2D eigenvalue weighted by molar-refractivity contribution is 7.99. The minimum absolute atomic E-state index is 0.0519.